The Morgan fingerprint density at radius 1 is 1.21 bits per heavy atom. The minimum Gasteiger partial charge on any atom is -0.498 e. The van der Waals surface area contributed by atoms with Gasteiger partial charge >= 0.3 is 0 Å². The Hall–Kier alpha value is -0.980. The van der Waals surface area contributed by atoms with Crippen LogP contribution in [-0.2, 0) is 4.74 Å². The van der Waals surface area contributed by atoms with Crippen molar-refractivity contribution in [2.24, 2.45) is 33.5 Å². The van der Waals surface area contributed by atoms with Gasteiger partial charge in [0.1, 0.15) is 0 Å². The van der Waals surface area contributed by atoms with Crippen LogP contribution in [0, 0.1) is 33.5 Å². The molecule has 0 aromatic rings. The molecule has 0 N–H and O–H groups in total. The maximum Gasteiger partial charge on any atom is 0.0973 e. The van der Waals surface area contributed by atoms with Crippen molar-refractivity contribution in [2.45, 2.75) is 99.3 Å². The van der Waals surface area contributed by atoms with Crippen molar-refractivity contribution < 1.29 is 4.74 Å². The zero-order valence-corrected chi connectivity index (χ0v) is 20.2. The van der Waals surface area contributed by atoms with Gasteiger partial charge in [-0.1, -0.05) is 65.3 Å². The van der Waals surface area contributed by atoms with E-state index in [0.717, 1.165) is 31.1 Å². The molecule has 3 fully saturated rings. The van der Waals surface area contributed by atoms with Crippen molar-refractivity contribution in [1.29, 1.82) is 0 Å². The summed E-state index contributed by atoms with van der Waals surface area (Å²) in [7, 11) is 0. The van der Waals surface area contributed by atoms with E-state index in [2.05, 4.69) is 66.9 Å². The van der Waals surface area contributed by atoms with Gasteiger partial charge in [-0.25, -0.2) is 0 Å². The molecule has 0 aromatic carbocycles. The SMILES string of the molecule is C=CCC1(COC(=C)CCCC)CC[C@@]2(C)CCC3CC2(/C1=C/C)C(C)C3(C)C. The number of allylic oxidation sites excluding steroid dienone is 3. The van der Waals surface area contributed by atoms with Crippen LogP contribution in [-0.4, -0.2) is 6.61 Å². The van der Waals surface area contributed by atoms with Gasteiger partial charge in [0.2, 0.25) is 0 Å². The van der Waals surface area contributed by atoms with Crippen LogP contribution >= 0.6 is 0 Å². The number of rotatable bonds is 8. The quantitative estimate of drug-likeness (QED) is 0.294. The minimum atomic E-state index is 0.0851. The molecule has 4 unspecified atom stereocenters. The van der Waals surface area contributed by atoms with Crippen LogP contribution < -0.4 is 0 Å². The average molecular weight is 399 g/mol. The summed E-state index contributed by atoms with van der Waals surface area (Å²) < 4.78 is 6.39. The highest BCUT2D eigenvalue weighted by molar-refractivity contribution is 5.36. The molecular formula is C28H46O. The van der Waals surface area contributed by atoms with E-state index in [1.807, 2.05) is 0 Å². The Kier molecular flexibility index (Phi) is 6.21. The van der Waals surface area contributed by atoms with Gasteiger partial charge < -0.3 is 4.74 Å². The van der Waals surface area contributed by atoms with Gasteiger partial charge in [0.15, 0.2) is 0 Å². The molecule has 3 aliphatic carbocycles. The molecular weight excluding hydrogens is 352 g/mol. The van der Waals surface area contributed by atoms with Crippen molar-refractivity contribution >= 4 is 0 Å². The number of ether oxygens (including phenoxy) is 1. The molecule has 1 heteroatoms. The molecule has 1 nitrogen and oxygen atoms in total. The summed E-state index contributed by atoms with van der Waals surface area (Å²) in [6.45, 7) is 24.0. The Labute approximate surface area is 181 Å². The van der Waals surface area contributed by atoms with Gasteiger partial charge in [-0.3, -0.25) is 0 Å². The van der Waals surface area contributed by atoms with Gasteiger partial charge in [0, 0.05) is 17.3 Å². The van der Waals surface area contributed by atoms with Crippen LogP contribution in [0.3, 0.4) is 0 Å². The summed E-state index contributed by atoms with van der Waals surface area (Å²) in [6.07, 6.45) is 15.7. The molecule has 0 radical (unpaired) electrons. The molecule has 3 rings (SSSR count). The molecule has 0 aliphatic heterocycles. The lowest BCUT2D eigenvalue weighted by atomic mass is 9.42. The molecule has 0 amide bonds. The summed E-state index contributed by atoms with van der Waals surface area (Å²) in [5.74, 6) is 2.52. The van der Waals surface area contributed by atoms with E-state index in [1.165, 1.54) is 44.9 Å². The lowest BCUT2D eigenvalue weighted by Gasteiger charge is -2.62. The van der Waals surface area contributed by atoms with Gasteiger partial charge in [0.25, 0.3) is 0 Å². The van der Waals surface area contributed by atoms with Crippen LogP contribution in [0.1, 0.15) is 99.3 Å². The van der Waals surface area contributed by atoms with Crippen LogP contribution in [0.15, 0.2) is 36.6 Å². The standard InChI is InChI=1S/C28H46O/c1-9-12-13-21(4)29-20-27(15-10-2)18-17-26(8)16-14-23-19-28(26,24(27)11-3)22(5)25(23,6)7/h10-11,22-23H,2,4,9,12-20H2,1,3,5-8H3/b24-11+/t22?,23?,26-,27?,28?/m1/s1. The zero-order valence-electron chi connectivity index (χ0n) is 20.2. The summed E-state index contributed by atoms with van der Waals surface area (Å²) in [5.41, 5.74) is 2.92. The van der Waals surface area contributed by atoms with E-state index in [0.29, 0.717) is 22.2 Å². The van der Waals surface area contributed by atoms with E-state index in [-0.39, 0.29) is 5.41 Å². The fraction of sp³-hybridized carbons (Fsp3) is 0.786. The van der Waals surface area contributed by atoms with E-state index in [1.54, 1.807) is 5.57 Å². The van der Waals surface area contributed by atoms with Gasteiger partial charge in [-0.2, -0.15) is 0 Å². The largest absolute Gasteiger partial charge is 0.498 e. The predicted molar refractivity (Wildman–Crippen MR) is 126 cm³/mol. The molecule has 1 spiro atoms. The topological polar surface area (TPSA) is 9.23 Å². The van der Waals surface area contributed by atoms with Gasteiger partial charge in [0.05, 0.1) is 12.4 Å². The second-order valence-corrected chi connectivity index (χ2v) is 11.4. The zero-order chi connectivity index (χ0) is 21.5. The predicted octanol–water partition coefficient (Wildman–Crippen LogP) is 8.48. The summed E-state index contributed by atoms with van der Waals surface area (Å²) in [5, 5.41) is 0. The maximum absolute atomic E-state index is 6.39. The highest BCUT2D eigenvalue weighted by atomic mass is 16.5. The lowest BCUT2D eigenvalue weighted by molar-refractivity contribution is -0.0670. The van der Waals surface area contributed by atoms with Crippen LogP contribution in [0.5, 0.6) is 0 Å². The smallest absolute Gasteiger partial charge is 0.0973 e. The first-order valence-electron chi connectivity index (χ1n) is 12.2. The van der Waals surface area contributed by atoms with E-state index in [9.17, 15) is 0 Å². The summed E-state index contributed by atoms with van der Waals surface area (Å²) >= 11 is 0. The Morgan fingerprint density at radius 2 is 1.93 bits per heavy atom. The molecule has 0 aromatic heterocycles. The second kappa shape index (κ2) is 7.93. The molecule has 2 bridgehead atoms. The fourth-order valence-electron chi connectivity index (χ4n) is 7.86. The highest BCUT2D eigenvalue weighted by Gasteiger charge is 2.70. The van der Waals surface area contributed by atoms with E-state index in [4.69, 9.17) is 4.74 Å². The van der Waals surface area contributed by atoms with Crippen LogP contribution in [0.2, 0.25) is 0 Å². The Balaban J connectivity index is 2.00. The Bertz CT molecular complexity index is 670. The van der Waals surface area contributed by atoms with E-state index >= 15 is 0 Å². The first-order chi connectivity index (χ1) is 13.6. The average Bonchev–Trinajstić information content (AvgIpc) is 2.86. The second-order valence-electron chi connectivity index (χ2n) is 11.4. The number of unbranched alkanes of at least 4 members (excludes halogenated alkanes) is 1. The molecule has 164 valence electrons. The Morgan fingerprint density at radius 3 is 2.55 bits per heavy atom. The molecule has 3 saturated carbocycles. The van der Waals surface area contributed by atoms with Crippen molar-refractivity contribution in [1.82, 2.24) is 0 Å². The first kappa shape index (κ1) is 22.7. The number of hydrogen-bond donors (Lipinski definition) is 0. The number of fused-ring (bicyclic) bond motifs is 1. The third-order valence-corrected chi connectivity index (χ3v) is 9.99. The maximum atomic E-state index is 6.39. The number of hydrogen-bond acceptors (Lipinski definition) is 1. The summed E-state index contributed by atoms with van der Waals surface area (Å²) in [4.78, 5) is 0. The molecule has 3 aliphatic rings. The third kappa shape index (κ3) is 3.26. The minimum absolute atomic E-state index is 0.0851. The van der Waals surface area contributed by atoms with Gasteiger partial charge in [-0.05, 0) is 74.5 Å². The van der Waals surface area contributed by atoms with E-state index < -0.39 is 0 Å². The van der Waals surface area contributed by atoms with Crippen molar-refractivity contribution in [3.8, 4) is 0 Å². The van der Waals surface area contributed by atoms with Crippen LogP contribution in [0.4, 0.5) is 0 Å². The first-order valence-corrected chi connectivity index (χ1v) is 12.2. The molecule has 0 saturated heterocycles. The monoisotopic (exact) mass is 398 g/mol. The molecule has 29 heavy (non-hydrogen) atoms. The van der Waals surface area contributed by atoms with Crippen molar-refractivity contribution in [3.05, 3.63) is 36.6 Å². The highest BCUT2D eigenvalue weighted by Crippen LogP contribution is 2.77. The normalized spacial score (nSPS) is 41.8. The lowest BCUT2D eigenvalue weighted by Crippen LogP contribution is -2.55. The fourth-order valence-corrected chi connectivity index (χ4v) is 7.86. The van der Waals surface area contributed by atoms with Gasteiger partial charge in [-0.15, -0.1) is 6.58 Å². The third-order valence-electron chi connectivity index (χ3n) is 9.99. The van der Waals surface area contributed by atoms with Crippen LogP contribution in [0.25, 0.3) is 0 Å². The summed E-state index contributed by atoms with van der Waals surface area (Å²) in [6, 6.07) is 0. The molecule has 5 atom stereocenters. The molecule has 0 heterocycles. The van der Waals surface area contributed by atoms with Crippen molar-refractivity contribution in [3.63, 3.8) is 0 Å². The van der Waals surface area contributed by atoms with Crippen molar-refractivity contribution in [2.75, 3.05) is 6.61 Å².